The highest BCUT2D eigenvalue weighted by Gasteiger charge is 2.32. The molecule has 2 aliphatic rings. The molecule has 2 N–H and O–H groups in total. The fraction of sp³-hybridized carbons (Fsp3) is 0.875. The lowest BCUT2D eigenvalue weighted by atomic mass is 9.96. The van der Waals surface area contributed by atoms with Crippen LogP contribution >= 0.6 is 0 Å². The van der Waals surface area contributed by atoms with Crippen molar-refractivity contribution in [3.8, 4) is 0 Å². The van der Waals surface area contributed by atoms with Gasteiger partial charge >= 0.3 is 0 Å². The standard InChI is InChI=1S/C8H14N2O/c11-8-5-6-1-3-9-4-2-7(6)10-8/h6-7,9H,1-5H2,(H,10,11). The smallest absolute Gasteiger partial charge is 0.220 e. The van der Waals surface area contributed by atoms with E-state index in [0.717, 1.165) is 32.4 Å². The Kier molecular flexibility index (Phi) is 1.82. The van der Waals surface area contributed by atoms with Crippen LogP contribution in [0.25, 0.3) is 0 Å². The molecule has 0 spiro atoms. The van der Waals surface area contributed by atoms with E-state index < -0.39 is 0 Å². The fourth-order valence-electron chi connectivity index (χ4n) is 2.05. The molecule has 2 aliphatic heterocycles. The molecule has 2 fully saturated rings. The number of carbonyl (C=O) groups excluding carboxylic acids is 1. The minimum atomic E-state index is 0.252. The van der Waals surface area contributed by atoms with Crippen LogP contribution in [0.2, 0.25) is 0 Å². The molecule has 0 saturated carbocycles. The molecule has 0 aromatic rings. The zero-order valence-electron chi connectivity index (χ0n) is 6.60. The van der Waals surface area contributed by atoms with Gasteiger partial charge < -0.3 is 10.6 Å². The van der Waals surface area contributed by atoms with Crippen molar-refractivity contribution in [3.05, 3.63) is 0 Å². The van der Waals surface area contributed by atoms with Crippen LogP contribution in [0.5, 0.6) is 0 Å². The summed E-state index contributed by atoms with van der Waals surface area (Å²) >= 11 is 0. The van der Waals surface area contributed by atoms with E-state index in [0.29, 0.717) is 12.0 Å². The van der Waals surface area contributed by atoms with E-state index in [1.807, 2.05) is 0 Å². The Balaban J connectivity index is 2.01. The van der Waals surface area contributed by atoms with Gasteiger partial charge in [0.05, 0.1) is 0 Å². The van der Waals surface area contributed by atoms with E-state index in [9.17, 15) is 4.79 Å². The van der Waals surface area contributed by atoms with Crippen molar-refractivity contribution in [2.75, 3.05) is 13.1 Å². The Hall–Kier alpha value is -0.570. The lowest BCUT2D eigenvalue weighted by Crippen LogP contribution is -2.29. The zero-order valence-corrected chi connectivity index (χ0v) is 6.60. The maximum absolute atomic E-state index is 11.0. The molecule has 11 heavy (non-hydrogen) atoms. The third-order valence-corrected chi connectivity index (χ3v) is 2.69. The number of nitrogens with one attached hydrogen (secondary N) is 2. The van der Waals surface area contributed by atoms with Gasteiger partial charge in [-0.1, -0.05) is 0 Å². The highest BCUT2D eigenvalue weighted by atomic mass is 16.2. The highest BCUT2D eigenvalue weighted by molar-refractivity contribution is 5.79. The number of hydrogen-bond donors (Lipinski definition) is 2. The lowest BCUT2D eigenvalue weighted by molar-refractivity contribution is -0.119. The molecule has 0 bridgehead atoms. The molecule has 0 aromatic carbocycles. The van der Waals surface area contributed by atoms with Gasteiger partial charge in [0.15, 0.2) is 0 Å². The summed E-state index contributed by atoms with van der Waals surface area (Å²) in [5.41, 5.74) is 0. The van der Waals surface area contributed by atoms with Crippen molar-refractivity contribution in [1.29, 1.82) is 0 Å². The largest absolute Gasteiger partial charge is 0.353 e. The van der Waals surface area contributed by atoms with Crippen LogP contribution in [0.15, 0.2) is 0 Å². The van der Waals surface area contributed by atoms with Gasteiger partial charge in [0.2, 0.25) is 5.91 Å². The molecule has 2 atom stereocenters. The zero-order chi connectivity index (χ0) is 7.68. The van der Waals surface area contributed by atoms with Gasteiger partial charge in [-0.05, 0) is 31.8 Å². The Bertz CT molecular complexity index is 153. The number of hydrogen-bond acceptors (Lipinski definition) is 2. The van der Waals surface area contributed by atoms with E-state index in [2.05, 4.69) is 10.6 Å². The second-order valence-corrected chi connectivity index (χ2v) is 3.47. The van der Waals surface area contributed by atoms with Crippen molar-refractivity contribution in [3.63, 3.8) is 0 Å². The SMILES string of the molecule is O=C1CC2CCNCCC2N1. The Morgan fingerprint density at radius 1 is 1.27 bits per heavy atom. The quantitative estimate of drug-likeness (QED) is 0.510. The maximum atomic E-state index is 11.0. The summed E-state index contributed by atoms with van der Waals surface area (Å²) < 4.78 is 0. The summed E-state index contributed by atoms with van der Waals surface area (Å²) in [6.07, 6.45) is 3.02. The first-order valence-electron chi connectivity index (χ1n) is 4.36. The molecule has 3 heteroatoms. The maximum Gasteiger partial charge on any atom is 0.220 e. The van der Waals surface area contributed by atoms with Gasteiger partial charge in [-0.15, -0.1) is 0 Å². The first kappa shape index (κ1) is 7.10. The number of fused-ring (bicyclic) bond motifs is 1. The average molecular weight is 154 g/mol. The molecular weight excluding hydrogens is 140 g/mol. The van der Waals surface area contributed by atoms with Crippen molar-refractivity contribution in [1.82, 2.24) is 10.6 Å². The molecule has 0 aliphatic carbocycles. The Morgan fingerprint density at radius 2 is 2.09 bits per heavy atom. The summed E-state index contributed by atoms with van der Waals surface area (Å²) in [6.45, 7) is 2.14. The summed E-state index contributed by atoms with van der Waals surface area (Å²) in [4.78, 5) is 11.0. The first-order valence-corrected chi connectivity index (χ1v) is 4.36. The Morgan fingerprint density at radius 3 is 3.00 bits per heavy atom. The predicted molar refractivity (Wildman–Crippen MR) is 42.1 cm³/mol. The topological polar surface area (TPSA) is 41.1 Å². The van der Waals surface area contributed by atoms with Crippen molar-refractivity contribution < 1.29 is 4.79 Å². The Labute approximate surface area is 66.5 Å². The van der Waals surface area contributed by atoms with Gasteiger partial charge in [0.25, 0.3) is 0 Å². The van der Waals surface area contributed by atoms with E-state index in [-0.39, 0.29) is 5.91 Å². The normalized spacial score (nSPS) is 37.6. The van der Waals surface area contributed by atoms with Gasteiger partial charge in [0, 0.05) is 12.5 Å². The summed E-state index contributed by atoms with van der Waals surface area (Å²) in [6, 6.07) is 0.470. The highest BCUT2D eigenvalue weighted by Crippen LogP contribution is 2.23. The molecular formula is C8H14N2O. The predicted octanol–water partition coefficient (Wildman–Crippen LogP) is -0.126. The molecule has 3 nitrogen and oxygen atoms in total. The number of rotatable bonds is 0. The third kappa shape index (κ3) is 1.38. The number of carbonyl (C=O) groups is 1. The monoisotopic (exact) mass is 154 g/mol. The van der Waals surface area contributed by atoms with E-state index in [1.165, 1.54) is 0 Å². The van der Waals surface area contributed by atoms with Crippen molar-refractivity contribution in [2.24, 2.45) is 5.92 Å². The van der Waals surface area contributed by atoms with E-state index in [4.69, 9.17) is 0 Å². The lowest BCUT2D eigenvalue weighted by Gasteiger charge is -2.13. The second-order valence-electron chi connectivity index (χ2n) is 3.47. The summed E-state index contributed by atoms with van der Waals surface area (Å²) in [7, 11) is 0. The molecule has 0 aromatic heterocycles. The molecule has 0 radical (unpaired) electrons. The number of amides is 1. The van der Waals surface area contributed by atoms with E-state index >= 15 is 0 Å². The van der Waals surface area contributed by atoms with Gasteiger partial charge in [0.1, 0.15) is 0 Å². The van der Waals surface area contributed by atoms with E-state index in [1.54, 1.807) is 0 Å². The summed E-state index contributed by atoms with van der Waals surface area (Å²) in [5, 5.41) is 6.36. The average Bonchev–Trinajstić information content (AvgIpc) is 2.17. The third-order valence-electron chi connectivity index (χ3n) is 2.69. The first-order chi connectivity index (χ1) is 5.36. The van der Waals surface area contributed by atoms with Gasteiger partial charge in [-0.2, -0.15) is 0 Å². The van der Waals surface area contributed by atoms with Crippen LogP contribution in [0.1, 0.15) is 19.3 Å². The van der Waals surface area contributed by atoms with Crippen molar-refractivity contribution in [2.45, 2.75) is 25.3 Å². The van der Waals surface area contributed by atoms with Gasteiger partial charge in [-0.25, -0.2) is 0 Å². The van der Waals surface area contributed by atoms with Crippen LogP contribution < -0.4 is 10.6 Å². The van der Waals surface area contributed by atoms with Crippen molar-refractivity contribution >= 4 is 5.91 Å². The molecule has 62 valence electrons. The summed E-state index contributed by atoms with van der Waals surface area (Å²) in [5.74, 6) is 0.861. The van der Waals surface area contributed by atoms with Crippen LogP contribution in [-0.4, -0.2) is 25.0 Å². The molecule has 2 unspecified atom stereocenters. The minimum absolute atomic E-state index is 0.252. The molecule has 2 rings (SSSR count). The van der Waals surface area contributed by atoms with Crippen LogP contribution in [-0.2, 0) is 4.79 Å². The molecule has 2 saturated heterocycles. The van der Waals surface area contributed by atoms with Gasteiger partial charge in [-0.3, -0.25) is 4.79 Å². The minimum Gasteiger partial charge on any atom is -0.353 e. The fourth-order valence-corrected chi connectivity index (χ4v) is 2.05. The molecule has 1 amide bonds. The van der Waals surface area contributed by atoms with Crippen LogP contribution in [0.3, 0.4) is 0 Å². The second kappa shape index (κ2) is 2.81. The molecule has 2 heterocycles. The van der Waals surface area contributed by atoms with Crippen LogP contribution in [0.4, 0.5) is 0 Å². The van der Waals surface area contributed by atoms with Crippen LogP contribution in [0, 0.1) is 5.92 Å².